The van der Waals surface area contributed by atoms with Crippen molar-refractivity contribution in [1.82, 2.24) is 20.2 Å². The van der Waals surface area contributed by atoms with Crippen LogP contribution in [0.1, 0.15) is 17.3 Å². The third kappa shape index (κ3) is 4.15. The molecule has 1 N–H and O–H groups in total. The lowest BCUT2D eigenvalue weighted by molar-refractivity contribution is -0.383. The number of anilines is 1. The number of hydrogen-bond donors (Lipinski definition) is 1. The molecule has 0 aliphatic carbocycles. The molecule has 0 aliphatic heterocycles. The summed E-state index contributed by atoms with van der Waals surface area (Å²) in [4.78, 5) is 34.8. The lowest BCUT2D eigenvalue weighted by Crippen LogP contribution is -2.30. The van der Waals surface area contributed by atoms with Gasteiger partial charge in [0, 0.05) is 6.07 Å². The molecule has 0 saturated heterocycles. The fourth-order valence-corrected chi connectivity index (χ4v) is 2.28. The Balaban J connectivity index is 1.64. The van der Waals surface area contributed by atoms with Crippen molar-refractivity contribution in [3.8, 4) is 5.69 Å². The Labute approximate surface area is 158 Å². The second-order valence-corrected chi connectivity index (χ2v) is 5.61. The Kier molecular flexibility index (Phi) is 5.35. The number of nitrogens with one attached hydrogen (secondary N) is 1. The van der Waals surface area contributed by atoms with E-state index in [1.165, 1.54) is 48.3 Å². The molecule has 0 saturated carbocycles. The van der Waals surface area contributed by atoms with Crippen LogP contribution in [0.2, 0.25) is 0 Å². The summed E-state index contributed by atoms with van der Waals surface area (Å²) in [5.41, 5.74) is 0.629. The smallest absolute Gasteiger partial charge is 0.338 e. The molecule has 0 aliphatic rings. The lowest BCUT2D eigenvalue weighted by atomic mass is 10.2. The van der Waals surface area contributed by atoms with Crippen LogP contribution in [0, 0.1) is 10.1 Å². The first-order valence-corrected chi connectivity index (χ1v) is 8.04. The van der Waals surface area contributed by atoms with Crippen LogP contribution >= 0.6 is 0 Å². The minimum absolute atomic E-state index is 0.0196. The molecule has 1 amide bonds. The number of esters is 1. The summed E-state index contributed by atoms with van der Waals surface area (Å²) in [5, 5.41) is 24.2. The molecule has 0 spiro atoms. The van der Waals surface area contributed by atoms with E-state index in [0.29, 0.717) is 5.69 Å². The summed E-state index contributed by atoms with van der Waals surface area (Å²) < 4.78 is 6.55. The zero-order chi connectivity index (χ0) is 20.1. The van der Waals surface area contributed by atoms with E-state index >= 15 is 0 Å². The van der Waals surface area contributed by atoms with Gasteiger partial charge in [0.05, 0.1) is 16.2 Å². The second kappa shape index (κ2) is 8.03. The highest BCUT2D eigenvalue weighted by molar-refractivity contribution is 5.98. The molecule has 11 nitrogen and oxygen atoms in total. The fraction of sp³-hybridized carbons (Fsp3) is 0.118. The first kappa shape index (κ1) is 18.6. The van der Waals surface area contributed by atoms with Gasteiger partial charge in [-0.1, -0.05) is 12.1 Å². The molecule has 2 aromatic carbocycles. The van der Waals surface area contributed by atoms with Gasteiger partial charge in [-0.25, -0.2) is 9.48 Å². The van der Waals surface area contributed by atoms with Crippen LogP contribution in [0.15, 0.2) is 54.9 Å². The number of benzene rings is 2. The summed E-state index contributed by atoms with van der Waals surface area (Å²) >= 11 is 0. The van der Waals surface area contributed by atoms with Crippen LogP contribution in [-0.2, 0) is 9.53 Å². The van der Waals surface area contributed by atoms with Gasteiger partial charge in [-0.2, -0.15) is 0 Å². The summed E-state index contributed by atoms with van der Waals surface area (Å²) in [7, 11) is 0. The van der Waals surface area contributed by atoms with E-state index in [-0.39, 0.29) is 16.9 Å². The van der Waals surface area contributed by atoms with Crippen LogP contribution in [0.4, 0.5) is 11.4 Å². The third-order valence-corrected chi connectivity index (χ3v) is 3.73. The highest BCUT2D eigenvalue weighted by atomic mass is 16.6. The van der Waals surface area contributed by atoms with Gasteiger partial charge in [0.1, 0.15) is 12.0 Å². The summed E-state index contributed by atoms with van der Waals surface area (Å²) in [6, 6.07) is 11.9. The predicted octanol–water partition coefficient (Wildman–Crippen LogP) is 1.75. The number of nitrogens with zero attached hydrogens (tertiary/aromatic N) is 5. The zero-order valence-electron chi connectivity index (χ0n) is 14.6. The molecule has 1 atom stereocenters. The molecular weight excluding hydrogens is 368 g/mol. The molecular formula is C17H14N6O5. The number of rotatable bonds is 6. The number of ether oxygens (including phenoxy) is 1. The standard InChI is InChI=1S/C17H14N6O5/c1-11(16(24)19-14-4-2-3-5-15(14)23(26)27)28-17(25)12-6-8-13(9-7-12)22-10-18-20-21-22/h2-11H,1H3,(H,19,24)/t11-/m0/s1. The summed E-state index contributed by atoms with van der Waals surface area (Å²) in [6.07, 6.45) is 0.245. The van der Waals surface area contributed by atoms with Gasteiger partial charge in [-0.05, 0) is 47.7 Å². The highest BCUT2D eigenvalue weighted by Crippen LogP contribution is 2.23. The first-order valence-electron chi connectivity index (χ1n) is 8.04. The number of aromatic nitrogens is 4. The highest BCUT2D eigenvalue weighted by Gasteiger charge is 2.22. The van der Waals surface area contributed by atoms with Gasteiger partial charge in [0.25, 0.3) is 11.6 Å². The fourth-order valence-electron chi connectivity index (χ4n) is 2.28. The number of carbonyl (C=O) groups excluding carboxylic acids is 2. The Hall–Kier alpha value is -4.15. The molecule has 3 aromatic rings. The Morgan fingerprint density at radius 1 is 1.18 bits per heavy atom. The van der Waals surface area contributed by atoms with E-state index in [4.69, 9.17) is 4.74 Å². The van der Waals surface area contributed by atoms with Crippen molar-refractivity contribution >= 4 is 23.3 Å². The average molecular weight is 382 g/mol. The minimum atomic E-state index is -1.16. The van der Waals surface area contributed by atoms with Gasteiger partial charge >= 0.3 is 5.97 Å². The van der Waals surface area contributed by atoms with E-state index in [1.54, 1.807) is 18.2 Å². The van der Waals surface area contributed by atoms with Crippen molar-refractivity contribution in [3.63, 3.8) is 0 Å². The third-order valence-electron chi connectivity index (χ3n) is 3.73. The zero-order valence-corrected chi connectivity index (χ0v) is 14.6. The van der Waals surface area contributed by atoms with Crippen LogP contribution in [0.5, 0.6) is 0 Å². The Morgan fingerprint density at radius 3 is 2.54 bits per heavy atom. The van der Waals surface area contributed by atoms with E-state index in [1.807, 2.05) is 0 Å². The Morgan fingerprint density at radius 2 is 1.89 bits per heavy atom. The molecule has 0 unspecified atom stereocenters. The van der Waals surface area contributed by atoms with Gasteiger partial charge < -0.3 is 10.1 Å². The van der Waals surface area contributed by atoms with Crippen molar-refractivity contribution < 1.29 is 19.2 Å². The second-order valence-electron chi connectivity index (χ2n) is 5.61. The molecule has 1 heterocycles. The maximum Gasteiger partial charge on any atom is 0.338 e. The van der Waals surface area contributed by atoms with Crippen molar-refractivity contribution in [2.24, 2.45) is 0 Å². The SMILES string of the molecule is C[C@H](OC(=O)c1ccc(-n2cnnn2)cc1)C(=O)Nc1ccccc1[N+](=O)[O-]. The van der Waals surface area contributed by atoms with Crippen molar-refractivity contribution in [3.05, 3.63) is 70.5 Å². The molecule has 0 bridgehead atoms. The van der Waals surface area contributed by atoms with Crippen molar-refractivity contribution in [2.75, 3.05) is 5.32 Å². The minimum Gasteiger partial charge on any atom is -0.449 e. The maximum atomic E-state index is 12.2. The van der Waals surface area contributed by atoms with Gasteiger partial charge in [0.2, 0.25) is 0 Å². The molecule has 0 radical (unpaired) electrons. The number of nitro benzene ring substituents is 1. The topological polar surface area (TPSA) is 142 Å². The van der Waals surface area contributed by atoms with E-state index in [9.17, 15) is 19.7 Å². The van der Waals surface area contributed by atoms with Gasteiger partial charge in [-0.15, -0.1) is 5.10 Å². The monoisotopic (exact) mass is 382 g/mol. The normalized spacial score (nSPS) is 11.5. The Bertz CT molecular complexity index is 1000. The number of nitro groups is 1. The molecule has 3 rings (SSSR count). The average Bonchev–Trinajstić information content (AvgIpc) is 3.23. The summed E-state index contributed by atoms with van der Waals surface area (Å²) in [5.74, 6) is -1.40. The largest absolute Gasteiger partial charge is 0.449 e. The quantitative estimate of drug-likeness (QED) is 0.386. The van der Waals surface area contributed by atoms with Gasteiger partial charge in [0.15, 0.2) is 6.10 Å². The molecule has 0 fully saturated rings. The number of carbonyl (C=O) groups is 2. The molecule has 28 heavy (non-hydrogen) atoms. The number of amides is 1. The van der Waals surface area contributed by atoms with Crippen molar-refractivity contribution in [1.29, 1.82) is 0 Å². The number of tetrazole rings is 1. The molecule has 1 aromatic heterocycles. The predicted molar refractivity (Wildman–Crippen MR) is 95.8 cm³/mol. The van der Waals surface area contributed by atoms with E-state index in [2.05, 4.69) is 20.8 Å². The molecule has 11 heteroatoms. The van der Waals surface area contributed by atoms with E-state index < -0.39 is 22.9 Å². The van der Waals surface area contributed by atoms with Crippen LogP contribution in [0.25, 0.3) is 5.69 Å². The molecule has 142 valence electrons. The maximum absolute atomic E-state index is 12.2. The van der Waals surface area contributed by atoms with Crippen LogP contribution < -0.4 is 5.32 Å². The number of hydrogen-bond acceptors (Lipinski definition) is 8. The first-order chi connectivity index (χ1) is 13.5. The van der Waals surface area contributed by atoms with Gasteiger partial charge in [-0.3, -0.25) is 14.9 Å². The van der Waals surface area contributed by atoms with Crippen LogP contribution in [-0.4, -0.2) is 43.1 Å². The van der Waals surface area contributed by atoms with Crippen molar-refractivity contribution in [2.45, 2.75) is 13.0 Å². The lowest BCUT2D eigenvalue weighted by Gasteiger charge is -2.13. The van der Waals surface area contributed by atoms with Crippen LogP contribution in [0.3, 0.4) is 0 Å². The van der Waals surface area contributed by atoms with E-state index in [0.717, 1.165) is 0 Å². The summed E-state index contributed by atoms with van der Waals surface area (Å²) in [6.45, 7) is 1.37. The number of para-hydroxylation sites is 2.